The molecule has 34 heavy (non-hydrogen) atoms. The Morgan fingerprint density at radius 3 is 1.09 bits per heavy atom. The van der Waals surface area contributed by atoms with Crippen LogP contribution in [0.1, 0.15) is 105 Å². The van der Waals surface area contributed by atoms with Crippen LogP contribution in [-0.2, 0) is 19.2 Å². The Morgan fingerprint density at radius 2 is 0.853 bits per heavy atom. The molecule has 4 N–H and O–H groups in total. The largest absolute Gasteiger partial charge is 0.478 e. The van der Waals surface area contributed by atoms with Crippen LogP contribution in [0.5, 0.6) is 0 Å². The van der Waals surface area contributed by atoms with Crippen molar-refractivity contribution in [2.75, 3.05) is 0 Å². The molecule has 0 saturated heterocycles. The van der Waals surface area contributed by atoms with E-state index in [0.717, 1.165) is 101 Å². The number of hydrogen-bond acceptors (Lipinski definition) is 4. The van der Waals surface area contributed by atoms with Gasteiger partial charge in [-0.1, -0.05) is 66.2 Å². The van der Waals surface area contributed by atoms with Crippen LogP contribution in [0.2, 0.25) is 0 Å². The summed E-state index contributed by atoms with van der Waals surface area (Å²) in [5.74, 6) is -3.11. The van der Waals surface area contributed by atoms with Crippen molar-refractivity contribution in [3.63, 3.8) is 0 Å². The van der Waals surface area contributed by atoms with Gasteiger partial charge in [0.1, 0.15) is 0 Å². The van der Waals surface area contributed by atoms with Crippen LogP contribution in [-0.4, -0.2) is 45.0 Å². The van der Waals surface area contributed by atoms with Crippen LogP contribution in [0, 0.1) is 0 Å². The smallest absolute Gasteiger partial charge is 0.328 e. The molecule has 0 fully saturated rings. The number of rotatable bonds is 19. The van der Waals surface area contributed by atoms with Gasteiger partial charge in [-0.15, -0.1) is 0 Å². The lowest BCUT2D eigenvalue weighted by molar-refractivity contribution is -0.132. The Kier molecular flexibility index (Phi) is 15.6. The normalized spacial score (nSPS) is 12.2. The van der Waals surface area contributed by atoms with Gasteiger partial charge in [-0.05, 0) is 38.5 Å². The Labute approximate surface area is 204 Å². The molecule has 8 heteroatoms. The summed E-state index contributed by atoms with van der Waals surface area (Å²) in [7, 11) is 0. The van der Waals surface area contributed by atoms with Gasteiger partial charge in [0.25, 0.3) is 0 Å². The average molecular weight is 481 g/mol. The second kappa shape index (κ2) is 16.9. The summed E-state index contributed by atoms with van der Waals surface area (Å²) in [5.41, 5.74) is -0.788. The first-order valence-corrected chi connectivity index (χ1v) is 12.5. The molecule has 0 saturated carbocycles. The number of hydrogen-bond donors (Lipinski definition) is 4. The first-order chi connectivity index (χ1) is 16.1. The van der Waals surface area contributed by atoms with E-state index in [2.05, 4.69) is 38.3 Å². The van der Waals surface area contributed by atoms with Gasteiger partial charge >= 0.3 is 11.9 Å². The standard InChI is InChI=1S/C26H44N2O6/c1-5-15-25(16-6-2,27-21(29)11-13-23(31)32)19-9-10-20-26(17-7-3,18-8-4)28-22(30)12-14-24(33)34/h11-14H,5-10,15-20H2,1-4H3,(H,27,29)(H,28,30)(H,31,32)(H,33,34)/b13-11-,14-12-. The summed E-state index contributed by atoms with van der Waals surface area (Å²) >= 11 is 0. The summed E-state index contributed by atoms with van der Waals surface area (Å²) in [4.78, 5) is 46.2. The fourth-order valence-electron chi connectivity index (χ4n) is 4.87. The van der Waals surface area contributed by atoms with E-state index < -0.39 is 34.8 Å². The summed E-state index contributed by atoms with van der Waals surface area (Å²) in [6, 6.07) is 0. The maximum atomic E-state index is 12.3. The number of amides is 2. The lowest BCUT2D eigenvalue weighted by Crippen LogP contribution is -2.49. The van der Waals surface area contributed by atoms with Crippen molar-refractivity contribution in [3.05, 3.63) is 24.3 Å². The van der Waals surface area contributed by atoms with E-state index in [1.165, 1.54) is 0 Å². The zero-order chi connectivity index (χ0) is 26.0. The Balaban J connectivity index is 5.37. The van der Waals surface area contributed by atoms with Crippen molar-refractivity contribution in [2.24, 2.45) is 0 Å². The Bertz CT molecular complexity index is 642. The van der Waals surface area contributed by atoms with E-state index in [1.807, 2.05) is 0 Å². The van der Waals surface area contributed by atoms with Crippen LogP contribution >= 0.6 is 0 Å². The Hall–Kier alpha value is -2.64. The summed E-state index contributed by atoms with van der Waals surface area (Å²) in [6.07, 6.45) is 13.9. The first-order valence-electron chi connectivity index (χ1n) is 12.5. The van der Waals surface area contributed by atoms with Crippen molar-refractivity contribution in [3.8, 4) is 0 Å². The molecule has 0 aliphatic heterocycles. The third kappa shape index (κ3) is 13.2. The SMILES string of the molecule is CCCC(CCC)(CCCCC(CCC)(CCC)NC(=O)/C=C\C(=O)O)NC(=O)/C=C\C(=O)O. The van der Waals surface area contributed by atoms with Crippen LogP contribution in [0.15, 0.2) is 24.3 Å². The molecule has 0 aliphatic rings. The predicted molar refractivity (Wildman–Crippen MR) is 133 cm³/mol. The lowest BCUT2D eigenvalue weighted by Gasteiger charge is -2.37. The molecule has 0 bridgehead atoms. The number of carboxylic acids is 2. The van der Waals surface area contributed by atoms with E-state index >= 15 is 0 Å². The molecule has 0 spiro atoms. The third-order valence-corrected chi connectivity index (χ3v) is 6.01. The van der Waals surface area contributed by atoms with Crippen molar-refractivity contribution in [1.29, 1.82) is 0 Å². The molecular formula is C26H44N2O6. The minimum Gasteiger partial charge on any atom is -0.478 e. The van der Waals surface area contributed by atoms with Crippen molar-refractivity contribution in [1.82, 2.24) is 10.6 Å². The highest BCUT2D eigenvalue weighted by Crippen LogP contribution is 2.30. The van der Waals surface area contributed by atoms with Crippen LogP contribution in [0.25, 0.3) is 0 Å². The van der Waals surface area contributed by atoms with E-state index in [0.29, 0.717) is 0 Å². The second-order valence-corrected chi connectivity index (χ2v) is 9.09. The molecule has 0 aromatic rings. The average Bonchev–Trinajstić information content (AvgIpc) is 2.75. The zero-order valence-corrected chi connectivity index (χ0v) is 21.3. The quantitative estimate of drug-likeness (QED) is 0.156. The molecule has 0 aliphatic carbocycles. The fourth-order valence-corrected chi connectivity index (χ4v) is 4.87. The summed E-state index contributed by atoms with van der Waals surface area (Å²) in [5, 5.41) is 23.7. The van der Waals surface area contributed by atoms with Gasteiger partial charge in [0.2, 0.25) is 11.8 Å². The molecule has 194 valence electrons. The third-order valence-electron chi connectivity index (χ3n) is 6.01. The van der Waals surface area contributed by atoms with E-state index in [9.17, 15) is 19.2 Å². The molecule has 0 unspecified atom stereocenters. The number of unbranched alkanes of at least 4 members (excludes halogenated alkanes) is 1. The molecular weight excluding hydrogens is 436 g/mol. The van der Waals surface area contributed by atoms with Gasteiger partial charge in [-0.2, -0.15) is 0 Å². The highest BCUT2D eigenvalue weighted by Gasteiger charge is 2.32. The molecule has 2 amide bonds. The summed E-state index contributed by atoms with van der Waals surface area (Å²) in [6.45, 7) is 8.27. The molecule has 0 atom stereocenters. The zero-order valence-electron chi connectivity index (χ0n) is 21.3. The van der Waals surface area contributed by atoms with Crippen LogP contribution < -0.4 is 10.6 Å². The number of carboxylic acid groups (broad SMARTS) is 2. The van der Waals surface area contributed by atoms with E-state index in [1.54, 1.807) is 0 Å². The number of aliphatic carboxylic acids is 2. The minimum absolute atomic E-state index is 0.394. The predicted octanol–water partition coefficient (Wildman–Crippen LogP) is 4.74. The molecule has 0 aromatic carbocycles. The first kappa shape index (κ1) is 31.4. The highest BCUT2D eigenvalue weighted by atomic mass is 16.4. The van der Waals surface area contributed by atoms with Gasteiger partial charge in [-0.3, -0.25) is 9.59 Å². The van der Waals surface area contributed by atoms with Gasteiger partial charge in [0.05, 0.1) is 0 Å². The number of carbonyl (C=O) groups is 4. The molecule has 8 nitrogen and oxygen atoms in total. The number of nitrogens with one attached hydrogen (secondary N) is 2. The van der Waals surface area contributed by atoms with Crippen LogP contribution in [0.3, 0.4) is 0 Å². The molecule has 0 rings (SSSR count). The van der Waals surface area contributed by atoms with Gasteiger partial charge in [0.15, 0.2) is 0 Å². The number of carbonyl (C=O) groups excluding carboxylic acids is 2. The van der Waals surface area contributed by atoms with Crippen molar-refractivity contribution >= 4 is 23.8 Å². The molecule has 0 radical (unpaired) electrons. The monoisotopic (exact) mass is 480 g/mol. The fraction of sp³-hybridized carbons (Fsp3) is 0.692. The van der Waals surface area contributed by atoms with Crippen molar-refractivity contribution in [2.45, 2.75) is 116 Å². The van der Waals surface area contributed by atoms with Crippen molar-refractivity contribution < 1.29 is 29.4 Å². The Morgan fingerprint density at radius 1 is 0.559 bits per heavy atom. The topological polar surface area (TPSA) is 133 Å². The maximum absolute atomic E-state index is 12.3. The second-order valence-electron chi connectivity index (χ2n) is 9.09. The van der Waals surface area contributed by atoms with Gasteiger partial charge in [-0.25, -0.2) is 9.59 Å². The van der Waals surface area contributed by atoms with Gasteiger partial charge in [0, 0.05) is 35.4 Å². The molecule has 0 aromatic heterocycles. The molecule has 0 heterocycles. The minimum atomic E-state index is -1.16. The maximum Gasteiger partial charge on any atom is 0.328 e. The lowest BCUT2D eigenvalue weighted by atomic mass is 9.80. The van der Waals surface area contributed by atoms with E-state index in [4.69, 9.17) is 10.2 Å². The van der Waals surface area contributed by atoms with Crippen LogP contribution in [0.4, 0.5) is 0 Å². The summed E-state index contributed by atoms with van der Waals surface area (Å²) < 4.78 is 0. The van der Waals surface area contributed by atoms with Gasteiger partial charge < -0.3 is 20.8 Å². The highest BCUT2D eigenvalue weighted by molar-refractivity contribution is 5.94. The van der Waals surface area contributed by atoms with E-state index in [-0.39, 0.29) is 0 Å².